The van der Waals surface area contributed by atoms with Gasteiger partial charge in [-0.15, -0.1) is 22.7 Å². The van der Waals surface area contributed by atoms with Crippen molar-refractivity contribution in [1.82, 2.24) is 4.90 Å². The summed E-state index contributed by atoms with van der Waals surface area (Å²) >= 11 is 7.19. The maximum absolute atomic E-state index is 6.06. The van der Waals surface area contributed by atoms with Crippen molar-refractivity contribution in [2.75, 3.05) is 6.54 Å². The predicted octanol–water partition coefficient (Wildman–Crippen LogP) is 4.24. The highest BCUT2D eigenvalue weighted by Crippen LogP contribution is 2.38. The van der Waals surface area contributed by atoms with Crippen molar-refractivity contribution < 1.29 is 0 Å². The Bertz CT molecular complexity index is 519. The molecule has 2 aromatic rings. The lowest BCUT2D eigenvalue weighted by atomic mass is 10.2. The number of nitrogens with two attached hydrogens (primary N) is 1. The third-order valence-corrected chi connectivity index (χ3v) is 6.07. The van der Waals surface area contributed by atoms with E-state index in [1.165, 1.54) is 26.4 Å². The smallest absolute Gasteiger partial charge is 0.0702 e. The van der Waals surface area contributed by atoms with E-state index in [-0.39, 0.29) is 0 Å². The van der Waals surface area contributed by atoms with Crippen LogP contribution in [-0.2, 0) is 6.54 Å². The Morgan fingerprint density at radius 3 is 2.74 bits per heavy atom. The third-order valence-electron chi connectivity index (χ3n) is 3.48. The van der Waals surface area contributed by atoms with E-state index in [0.29, 0.717) is 12.6 Å². The summed E-state index contributed by atoms with van der Waals surface area (Å²) in [6.07, 6.45) is 2.63. The highest BCUT2D eigenvalue weighted by Gasteiger charge is 2.34. The number of rotatable bonds is 6. The lowest BCUT2D eigenvalue weighted by Crippen LogP contribution is -2.34. The molecule has 2 N–H and O–H groups in total. The van der Waals surface area contributed by atoms with Crippen LogP contribution >= 0.6 is 38.6 Å². The summed E-state index contributed by atoms with van der Waals surface area (Å²) in [5, 5.41) is 2.15. The molecule has 0 amide bonds. The molecule has 1 atom stereocenters. The van der Waals surface area contributed by atoms with E-state index < -0.39 is 0 Å². The molecule has 1 saturated carbocycles. The summed E-state index contributed by atoms with van der Waals surface area (Å²) in [6, 6.07) is 9.75. The Balaban J connectivity index is 1.81. The molecular formula is C14H17BrN2S2. The number of halogens is 1. The van der Waals surface area contributed by atoms with Crippen molar-refractivity contribution >= 4 is 38.6 Å². The van der Waals surface area contributed by atoms with Crippen molar-refractivity contribution in [2.24, 2.45) is 5.73 Å². The van der Waals surface area contributed by atoms with Gasteiger partial charge in [0.15, 0.2) is 0 Å². The Morgan fingerprint density at radius 1 is 1.37 bits per heavy atom. The van der Waals surface area contributed by atoms with Gasteiger partial charge in [-0.3, -0.25) is 4.90 Å². The molecule has 0 aliphatic heterocycles. The fourth-order valence-electron chi connectivity index (χ4n) is 2.40. The minimum atomic E-state index is 0.353. The molecule has 102 valence electrons. The molecule has 0 saturated heterocycles. The molecule has 3 rings (SSSR count). The molecule has 2 nitrogen and oxygen atoms in total. The minimum Gasteiger partial charge on any atom is -0.329 e. The van der Waals surface area contributed by atoms with Crippen molar-refractivity contribution in [3.8, 4) is 0 Å². The number of hydrogen-bond acceptors (Lipinski definition) is 4. The lowest BCUT2D eigenvalue weighted by Gasteiger charge is -2.30. The van der Waals surface area contributed by atoms with Crippen LogP contribution in [0.2, 0.25) is 0 Å². The Morgan fingerprint density at radius 2 is 2.21 bits per heavy atom. The normalized spacial score (nSPS) is 17.0. The van der Waals surface area contributed by atoms with Crippen LogP contribution in [0.15, 0.2) is 33.4 Å². The molecule has 0 aromatic carbocycles. The van der Waals surface area contributed by atoms with E-state index in [9.17, 15) is 0 Å². The molecule has 0 bridgehead atoms. The molecule has 19 heavy (non-hydrogen) atoms. The fraction of sp³-hybridized carbons (Fsp3) is 0.429. The summed E-state index contributed by atoms with van der Waals surface area (Å²) in [5.41, 5.74) is 6.06. The second-order valence-corrected chi connectivity index (χ2v) is 8.40. The molecule has 1 unspecified atom stereocenters. The van der Waals surface area contributed by atoms with E-state index >= 15 is 0 Å². The van der Waals surface area contributed by atoms with Crippen molar-refractivity contribution in [3.05, 3.63) is 43.2 Å². The van der Waals surface area contributed by atoms with Crippen molar-refractivity contribution in [2.45, 2.75) is 31.5 Å². The molecule has 2 heterocycles. The van der Waals surface area contributed by atoms with Gasteiger partial charge < -0.3 is 5.73 Å². The molecule has 5 heteroatoms. The second-order valence-electron chi connectivity index (χ2n) is 4.88. The highest BCUT2D eigenvalue weighted by atomic mass is 79.9. The fourth-order valence-corrected chi connectivity index (χ4v) is 4.68. The average molecular weight is 357 g/mol. The zero-order chi connectivity index (χ0) is 13.2. The van der Waals surface area contributed by atoms with E-state index in [2.05, 4.69) is 50.5 Å². The van der Waals surface area contributed by atoms with Gasteiger partial charge in [0.2, 0.25) is 0 Å². The standard InChI is InChI=1S/C14H17BrN2S2/c15-14-6-5-13(19-14)12(8-16)17(10-3-4-10)9-11-2-1-7-18-11/h1-2,5-7,10,12H,3-4,8-9,16H2. The second kappa shape index (κ2) is 6.06. The minimum absolute atomic E-state index is 0.353. The van der Waals surface area contributed by atoms with E-state index in [1.54, 1.807) is 11.3 Å². The summed E-state index contributed by atoms with van der Waals surface area (Å²) in [4.78, 5) is 5.39. The summed E-state index contributed by atoms with van der Waals surface area (Å²) in [7, 11) is 0. The molecular weight excluding hydrogens is 340 g/mol. The first-order valence-corrected chi connectivity index (χ1v) is 9.00. The van der Waals surface area contributed by atoms with Crippen LogP contribution in [0.25, 0.3) is 0 Å². The van der Waals surface area contributed by atoms with Crippen molar-refractivity contribution in [3.63, 3.8) is 0 Å². The van der Waals surface area contributed by atoms with Crippen LogP contribution in [0, 0.1) is 0 Å². The topological polar surface area (TPSA) is 29.3 Å². The van der Waals surface area contributed by atoms with Gasteiger partial charge in [0.25, 0.3) is 0 Å². The van der Waals surface area contributed by atoms with Crippen LogP contribution in [0.4, 0.5) is 0 Å². The first-order valence-electron chi connectivity index (χ1n) is 6.51. The lowest BCUT2D eigenvalue weighted by molar-refractivity contribution is 0.186. The monoisotopic (exact) mass is 356 g/mol. The van der Waals surface area contributed by atoms with Gasteiger partial charge in [0, 0.05) is 28.9 Å². The molecule has 1 aliphatic rings. The van der Waals surface area contributed by atoms with Crippen LogP contribution in [0.1, 0.15) is 28.6 Å². The van der Waals surface area contributed by atoms with Crippen LogP contribution in [0.3, 0.4) is 0 Å². The van der Waals surface area contributed by atoms with Gasteiger partial charge in [-0.1, -0.05) is 6.07 Å². The SMILES string of the molecule is NCC(c1ccc(Br)s1)N(Cc1cccs1)C1CC1. The summed E-state index contributed by atoms with van der Waals surface area (Å²) < 4.78 is 1.19. The molecule has 2 aromatic heterocycles. The average Bonchev–Trinajstić information content (AvgIpc) is 2.95. The predicted molar refractivity (Wildman–Crippen MR) is 86.7 cm³/mol. The van der Waals surface area contributed by atoms with Crippen LogP contribution < -0.4 is 5.73 Å². The molecule has 0 radical (unpaired) electrons. The van der Waals surface area contributed by atoms with Gasteiger partial charge in [0.05, 0.1) is 9.83 Å². The first kappa shape index (κ1) is 13.8. The van der Waals surface area contributed by atoms with Crippen molar-refractivity contribution in [1.29, 1.82) is 0 Å². The van der Waals surface area contributed by atoms with Gasteiger partial charge in [-0.05, 0) is 52.4 Å². The molecule has 1 fully saturated rings. The number of thiophene rings is 2. The van der Waals surface area contributed by atoms with Gasteiger partial charge in [-0.2, -0.15) is 0 Å². The third kappa shape index (κ3) is 3.28. The Kier molecular flexibility index (Phi) is 4.39. The van der Waals surface area contributed by atoms with Crippen LogP contribution in [0.5, 0.6) is 0 Å². The van der Waals surface area contributed by atoms with Gasteiger partial charge in [-0.25, -0.2) is 0 Å². The first-order chi connectivity index (χ1) is 9.28. The van der Waals surface area contributed by atoms with Gasteiger partial charge >= 0.3 is 0 Å². The summed E-state index contributed by atoms with van der Waals surface area (Å²) in [5.74, 6) is 0. The van der Waals surface area contributed by atoms with Crippen LogP contribution in [-0.4, -0.2) is 17.5 Å². The molecule has 1 aliphatic carbocycles. The number of hydrogen-bond donors (Lipinski definition) is 1. The quantitative estimate of drug-likeness (QED) is 0.838. The highest BCUT2D eigenvalue weighted by molar-refractivity contribution is 9.11. The Labute approximate surface area is 130 Å². The van der Waals surface area contributed by atoms with Gasteiger partial charge in [0.1, 0.15) is 0 Å². The zero-order valence-corrected chi connectivity index (χ0v) is 13.8. The van der Waals surface area contributed by atoms with E-state index in [4.69, 9.17) is 5.73 Å². The Hall–Kier alpha value is -0.200. The zero-order valence-electron chi connectivity index (χ0n) is 10.6. The largest absolute Gasteiger partial charge is 0.329 e. The van der Waals surface area contributed by atoms with E-state index in [1.807, 2.05) is 11.3 Å². The van der Waals surface area contributed by atoms with E-state index in [0.717, 1.165) is 12.6 Å². The maximum Gasteiger partial charge on any atom is 0.0702 e. The maximum atomic E-state index is 6.06. The summed E-state index contributed by atoms with van der Waals surface area (Å²) in [6.45, 7) is 1.72. The number of nitrogens with zero attached hydrogens (tertiary/aromatic N) is 1. The molecule has 0 spiro atoms.